The maximum absolute atomic E-state index is 11.0. The number of hydrogen-bond acceptors (Lipinski definition) is 6. The van der Waals surface area contributed by atoms with Gasteiger partial charge in [-0.1, -0.05) is 17.3 Å². The first-order valence-corrected chi connectivity index (χ1v) is 10.1. The fraction of sp³-hybridized carbons (Fsp3) is 0.304. The van der Waals surface area contributed by atoms with Crippen LogP contribution in [0.1, 0.15) is 31.4 Å². The number of carboxylic acids is 1. The lowest BCUT2D eigenvalue weighted by atomic mass is 10.1. The number of aliphatic carboxylic acids is 1. The van der Waals surface area contributed by atoms with Gasteiger partial charge in [0.15, 0.2) is 0 Å². The fourth-order valence-corrected chi connectivity index (χ4v) is 3.65. The first-order chi connectivity index (χ1) is 14.8. The summed E-state index contributed by atoms with van der Waals surface area (Å²) in [6.45, 7) is 5.84. The Kier molecular flexibility index (Phi) is 5.46. The molecule has 0 bridgehead atoms. The lowest BCUT2D eigenvalue weighted by Crippen LogP contribution is -2.08. The van der Waals surface area contributed by atoms with Crippen LogP contribution < -0.4 is 4.74 Å². The van der Waals surface area contributed by atoms with Crippen LogP contribution in [-0.4, -0.2) is 36.9 Å². The van der Waals surface area contributed by atoms with Crippen molar-refractivity contribution in [3.8, 4) is 28.7 Å². The van der Waals surface area contributed by atoms with Gasteiger partial charge >= 0.3 is 5.97 Å². The van der Waals surface area contributed by atoms with Gasteiger partial charge in [-0.2, -0.15) is 4.98 Å². The second-order valence-electron chi connectivity index (χ2n) is 7.80. The van der Waals surface area contributed by atoms with Gasteiger partial charge in [0.1, 0.15) is 0 Å². The van der Waals surface area contributed by atoms with Gasteiger partial charge < -0.3 is 18.9 Å². The summed E-state index contributed by atoms with van der Waals surface area (Å²) in [7, 11) is 1.93. The van der Waals surface area contributed by atoms with Crippen LogP contribution in [0.2, 0.25) is 0 Å². The Labute approximate surface area is 179 Å². The highest BCUT2D eigenvalue weighted by Gasteiger charge is 2.18. The smallest absolute Gasteiger partial charge is 0.303 e. The summed E-state index contributed by atoms with van der Waals surface area (Å²) < 4.78 is 13.2. The number of aryl methyl sites for hydroxylation is 3. The normalized spacial score (nSPS) is 11.4. The first kappa shape index (κ1) is 20.6. The molecule has 0 saturated heterocycles. The highest BCUT2D eigenvalue weighted by Crippen LogP contribution is 2.32. The molecular formula is C23H24N4O4. The van der Waals surface area contributed by atoms with Crippen molar-refractivity contribution in [2.45, 2.75) is 39.7 Å². The van der Waals surface area contributed by atoms with Crippen molar-refractivity contribution in [3.63, 3.8) is 0 Å². The number of ether oxygens (including phenoxy) is 1. The number of para-hydroxylation sites is 1. The van der Waals surface area contributed by atoms with E-state index in [1.54, 1.807) is 6.20 Å². The summed E-state index contributed by atoms with van der Waals surface area (Å²) in [4.78, 5) is 20.0. The van der Waals surface area contributed by atoms with E-state index in [1.807, 2.05) is 62.8 Å². The largest absolute Gasteiger partial charge is 0.481 e. The Balaban J connectivity index is 1.69. The molecule has 4 aromatic rings. The van der Waals surface area contributed by atoms with Gasteiger partial charge in [0.2, 0.25) is 11.7 Å². The molecule has 0 atom stereocenters. The van der Waals surface area contributed by atoms with Crippen LogP contribution in [0.3, 0.4) is 0 Å². The Morgan fingerprint density at radius 1 is 1.32 bits per heavy atom. The van der Waals surface area contributed by atoms with Crippen LogP contribution in [0, 0.1) is 6.92 Å². The van der Waals surface area contributed by atoms with E-state index in [4.69, 9.17) is 14.4 Å². The van der Waals surface area contributed by atoms with Crippen LogP contribution in [0.4, 0.5) is 0 Å². The van der Waals surface area contributed by atoms with Crippen molar-refractivity contribution < 1.29 is 19.2 Å². The quantitative estimate of drug-likeness (QED) is 0.472. The van der Waals surface area contributed by atoms with Crippen molar-refractivity contribution in [3.05, 3.63) is 47.8 Å². The van der Waals surface area contributed by atoms with Crippen molar-refractivity contribution in [1.29, 1.82) is 0 Å². The molecule has 0 amide bonds. The number of aromatic nitrogens is 4. The molecule has 0 saturated carbocycles. The molecular weight excluding hydrogens is 396 g/mol. The summed E-state index contributed by atoms with van der Waals surface area (Å²) in [5.41, 5.74) is 4.34. The number of carboxylic acid groups (broad SMARTS) is 1. The average Bonchev–Trinajstić information content (AvgIpc) is 3.33. The lowest BCUT2D eigenvalue weighted by Gasteiger charge is -2.11. The third-order valence-corrected chi connectivity index (χ3v) is 4.98. The van der Waals surface area contributed by atoms with E-state index in [-0.39, 0.29) is 12.5 Å². The minimum atomic E-state index is -0.815. The second kappa shape index (κ2) is 8.22. The Hall–Kier alpha value is -3.68. The molecule has 160 valence electrons. The van der Waals surface area contributed by atoms with Gasteiger partial charge in [-0.05, 0) is 44.9 Å². The van der Waals surface area contributed by atoms with Gasteiger partial charge in [-0.25, -0.2) is 4.98 Å². The molecule has 0 aliphatic heterocycles. The van der Waals surface area contributed by atoms with E-state index in [0.29, 0.717) is 29.6 Å². The van der Waals surface area contributed by atoms with E-state index in [2.05, 4.69) is 15.1 Å². The maximum atomic E-state index is 11.0. The molecule has 8 nitrogen and oxygen atoms in total. The zero-order chi connectivity index (χ0) is 22.1. The first-order valence-electron chi connectivity index (χ1n) is 10.1. The van der Waals surface area contributed by atoms with Crippen LogP contribution in [0.15, 0.2) is 41.2 Å². The number of nitrogens with zero attached hydrogens (tertiary/aromatic N) is 4. The molecule has 3 aromatic heterocycles. The summed E-state index contributed by atoms with van der Waals surface area (Å²) in [5.74, 6) is 0.608. The Bertz CT molecular complexity index is 1260. The monoisotopic (exact) mass is 420 g/mol. The van der Waals surface area contributed by atoms with Crippen LogP contribution in [0.5, 0.6) is 5.88 Å². The van der Waals surface area contributed by atoms with Crippen LogP contribution >= 0.6 is 0 Å². The predicted octanol–water partition coefficient (Wildman–Crippen LogP) is 4.40. The lowest BCUT2D eigenvalue weighted by molar-refractivity contribution is -0.136. The summed E-state index contributed by atoms with van der Waals surface area (Å²) in [6.07, 6.45) is 4.20. The Morgan fingerprint density at radius 2 is 2.13 bits per heavy atom. The maximum Gasteiger partial charge on any atom is 0.303 e. The van der Waals surface area contributed by atoms with Crippen molar-refractivity contribution in [2.75, 3.05) is 0 Å². The highest BCUT2D eigenvalue weighted by molar-refractivity contribution is 5.95. The number of rotatable bonds is 7. The molecule has 0 aliphatic carbocycles. The number of fused-ring (bicyclic) bond motifs is 1. The molecule has 8 heteroatoms. The van der Waals surface area contributed by atoms with Crippen molar-refractivity contribution in [1.82, 2.24) is 19.7 Å². The minimum Gasteiger partial charge on any atom is -0.481 e. The molecule has 31 heavy (non-hydrogen) atoms. The number of benzene rings is 1. The molecule has 0 spiro atoms. The molecule has 1 aromatic carbocycles. The van der Waals surface area contributed by atoms with Crippen LogP contribution in [0.25, 0.3) is 33.7 Å². The average molecular weight is 420 g/mol. The summed E-state index contributed by atoms with van der Waals surface area (Å²) >= 11 is 0. The molecule has 4 rings (SSSR count). The predicted molar refractivity (Wildman–Crippen MR) is 116 cm³/mol. The summed E-state index contributed by atoms with van der Waals surface area (Å²) in [5, 5.41) is 14.2. The number of pyridine rings is 1. The number of carbonyl (C=O) groups is 1. The van der Waals surface area contributed by atoms with Gasteiger partial charge in [-0.15, -0.1) is 0 Å². The topological polar surface area (TPSA) is 103 Å². The van der Waals surface area contributed by atoms with E-state index in [1.165, 1.54) is 0 Å². The van der Waals surface area contributed by atoms with E-state index >= 15 is 0 Å². The standard InChI is InChI=1S/C23H24N4O4/c1-13(2)30-22-14(3)10-16(11-24-22)23-25-21(26-31-23)18-7-5-6-17-15(8-9-19(28)29)12-27(4)20(17)18/h5-7,10-13H,8-9H2,1-4H3,(H,28,29). The van der Waals surface area contributed by atoms with E-state index in [9.17, 15) is 4.79 Å². The van der Waals surface area contributed by atoms with Crippen molar-refractivity contribution in [2.24, 2.45) is 7.05 Å². The minimum absolute atomic E-state index is 0.0400. The summed E-state index contributed by atoms with van der Waals surface area (Å²) in [6, 6.07) is 7.75. The molecule has 0 aliphatic rings. The van der Waals surface area contributed by atoms with Crippen molar-refractivity contribution >= 4 is 16.9 Å². The van der Waals surface area contributed by atoms with E-state index in [0.717, 1.165) is 27.6 Å². The third-order valence-electron chi connectivity index (χ3n) is 4.98. The SMILES string of the molecule is Cc1cc(-c2nc(-c3cccc4c(CCC(=O)O)cn(C)c34)no2)cnc1OC(C)C. The van der Waals surface area contributed by atoms with E-state index < -0.39 is 5.97 Å². The van der Waals surface area contributed by atoms with Gasteiger partial charge in [0.25, 0.3) is 5.89 Å². The van der Waals surface area contributed by atoms with Gasteiger partial charge in [-0.3, -0.25) is 4.79 Å². The third kappa shape index (κ3) is 4.14. The molecule has 0 radical (unpaired) electrons. The second-order valence-corrected chi connectivity index (χ2v) is 7.80. The van der Waals surface area contributed by atoms with Gasteiger partial charge in [0, 0.05) is 42.4 Å². The Morgan fingerprint density at radius 3 is 2.84 bits per heavy atom. The molecule has 1 N–H and O–H groups in total. The molecule has 3 heterocycles. The fourth-order valence-electron chi connectivity index (χ4n) is 3.65. The zero-order valence-corrected chi connectivity index (χ0v) is 17.9. The molecule has 0 unspecified atom stereocenters. The van der Waals surface area contributed by atoms with Crippen LogP contribution in [-0.2, 0) is 18.3 Å². The zero-order valence-electron chi connectivity index (χ0n) is 17.9. The number of hydrogen-bond donors (Lipinski definition) is 1. The van der Waals surface area contributed by atoms with Gasteiger partial charge in [0.05, 0.1) is 17.2 Å². The highest BCUT2D eigenvalue weighted by atomic mass is 16.5. The molecule has 0 fully saturated rings.